The molecular formula is C20H23FIN3O5S. The summed E-state index contributed by atoms with van der Waals surface area (Å²) >= 11 is 1.97. The number of pyridine rings is 1. The van der Waals surface area contributed by atoms with Crippen LogP contribution in [0.25, 0.3) is 0 Å². The van der Waals surface area contributed by atoms with E-state index in [1.54, 1.807) is 13.0 Å². The van der Waals surface area contributed by atoms with Crippen LogP contribution in [0, 0.1) is 22.2 Å². The molecule has 8 nitrogen and oxygen atoms in total. The van der Waals surface area contributed by atoms with E-state index >= 15 is 0 Å². The summed E-state index contributed by atoms with van der Waals surface area (Å²) in [5.41, 5.74) is 0.122. The van der Waals surface area contributed by atoms with Crippen molar-refractivity contribution in [3.05, 3.63) is 49.6 Å². The number of hydrogen-bond donors (Lipinski definition) is 3. The Kier molecular flexibility index (Phi) is 6.77. The quantitative estimate of drug-likeness (QED) is 0.319. The Morgan fingerprint density at radius 1 is 1.32 bits per heavy atom. The van der Waals surface area contributed by atoms with Crippen molar-refractivity contribution in [1.29, 1.82) is 0 Å². The number of nitrogens with one attached hydrogen (secondary N) is 2. The Labute approximate surface area is 193 Å². The highest BCUT2D eigenvalue weighted by molar-refractivity contribution is 14.1. The number of benzene rings is 1. The predicted octanol–water partition coefficient (Wildman–Crippen LogP) is 2.65. The lowest BCUT2D eigenvalue weighted by Gasteiger charge is -2.23. The van der Waals surface area contributed by atoms with E-state index in [4.69, 9.17) is 0 Å². The van der Waals surface area contributed by atoms with Crippen molar-refractivity contribution in [3.63, 3.8) is 0 Å². The molecular weight excluding hydrogens is 540 g/mol. The molecule has 3 N–H and O–H groups in total. The molecule has 0 spiro atoms. The van der Waals surface area contributed by atoms with Gasteiger partial charge in [-0.2, -0.15) is 0 Å². The van der Waals surface area contributed by atoms with Gasteiger partial charge >= 0.3 is 0 Å². The molecule has 1 aromatic carbocycles. The highest BCUT2D eigenvalue weighted by Crippen LogP contribution is 2.49. The van der Waals surface area contributed by atoms with Crippen LogP contribution in [0.4, 0.5) is 21.6 Å². The first-order valence-electron chi connectivity index (χ1n) is 9.55. The maximum atomic E-state index is 14.4. The predicted molar refractivity (Wildman–Crippen MR) is 125 cm³/mol. The van der Waals surface area contributed by atoms with E-state index in [0.29, 0.717) is 28.3 Å². The largest absolute Gasteiger partial charge is 0.396 e. The van der Waals surface area contributed by atoms with Gasteiger partial charge in [-0.25, -0.2) is 12.8 Å². The fourth-order valence-electron chi connectivity index (χ4n) is 3.45. The Morgan fingerprint density at radius 2 is 2.00 bits per heavy atom. The molecule has 1 unspecified atom stereocenters. The van der Waals surface area contributed by atoms with E-state index in [-0.39, 0.29) is 29.2 Å². The van der Waals surface area contributed by atoms with Gasteiger partial charge in [-0.3, -0.25) is 14.1 Å². The molecule has 0 aliphatic heterocycles. The number of aromatic nitrogens is 1. The first kappa shape index (κ1) is 23.7. The molecule has 2 aromatic rings. The molecule has 11 heteroatoms. The monoisotopic (exact) mass is 563 g/mol. The smallest absolute Gasteiger partial charge is 0.254 e. The molecule has 1 saturated carbocycles. The van der Waals surface area contributed by atoms with Crippen LogP contribution >= 0.6 is 22.6 Å². The minimum atomic E-state index is -3.97. The van der Waals surface area contributed by atoms with Crippen molar-refractivity contribution < 1.29 is 22.7 Å². The van der Waals surface area contributed by atoms with Gasteiger partial charge in [0.15, 0.2) is 0 Å². The van der Waals surface area contributed by atoms with E-state index in [1.807, 2.05) is 22.6 Å². The molecule has 3 rings (SSSR count). The first-order valence-corrected chi connectivity index (χ1v) is 12.1. The second-order valence-electron chi connectivity index (χ2n) is 7.77. The van der Waals surface area contributed by atoms with Crippen molar-refractivity contribution in [2.75, 3.05) is 16.6 Å². The molecule has 1 aliphatic rings. The summed E-state index contributed by atoms with van der Waals surface area (Å²) < 4.78 is 44.0. The maximum absolute atomic E-state index is 14.4. The van der Waals surface area contributed by atoms with Crippen LogP contribution in [-0.2, 0) is 21.9 Å². The number of carbonyl (C=O) groups is 1. The van der Waals surface area contributed by atoms with Gasteiger partial charge in [0.1, 0.15) is 17.9 Å². The summed E-state index contributed by atoms with van der Waals surface area (Å²) in [5, 5.41) is 12.1. The molecule has 168 valence electrons. The van der Waals surface area contributed by atoms with Crippen molar-refractivity contribution in [2.45, 2.75) is 30.9 Å². The van der Waals surface area contributed by atoms with Crippen molar-refractivity contribution in [1.82, 2.24) is 4.57 Å². The van der Waals surface area contributed by atoms with Crippen molar-refractivity contribution in [2.24, 2.45) is 13.0 Å². The zero-order valence-corrected chi connectivity index (χ0v) is 20.0. The number of sulfonamides is 1. The van der Waals surface area contributed by atoms with E-state index in [9.17, 15) is 27.5 Å². The Hall–Kier alpha value is -1.99. The minimum absolute atomic E-state index is 0.00158. The molecule has 0 amide bonds. The van der Waals surface area contributed by atoms with Gasteiger partial charge < -0.3 is 15.2 Å². The number of aliphatic hydroxyl groups excluding tert-OH is 1. The molecule has 31 heavy (non-hydrogen) atoms. The number of aliphatic hydroxyl groups is 1. The molecule has 1 aromatic heterocycles. The Balaban J connectivity index is 2.01. The number of hydrogen-bond acceptors (Lipinski definition) is 6. The molecule has 1 aliphatic carbocycles. The highest BCUT2D eigenvalue weighted by atomic mass is 127. The molecule has 1 fully saturated rings. The highest BCUT2D eigenvalue weighted by Gasteiger charge is 2.55. The fraction of sp³-hybridized carbons (Fsp3) is 0.400. The third kappa shape index (κ3) is 4.77. The van der Waals surface area contributed by atoms with Gasteiger partial charge in [-0.05, 0) is 73.0 Å². The lowest BCUT2D eigenvalue weighted by Crippen LogP contribution is -2.34. The maximum Gasteiger partial charge on any atom is 0.254 e. The van der Waals surface area contributed by atoms with Crippen LogP contribution in [0.2, 0.25) is 0 Å². The number of aldehydes is 1. The summed E-state index contributed by atoms with van der Waals surface area (Å²) in [4.78, 5) is 23.6. The number of carbonyl (C=O) groups excluding carboxylic acids is 1. The summed E-state index contributed by atoms with van der Waals surface area (Å²) in [6, 6.07) is 5.88. The first-order chi connectivity index (χ1) is 14.5. The molecule has 0 radical (unpaired) electrons. The Morgan fingerprint density at radius 3 is 2.55 bits per heavy atom. The number of aryl methyl sites for hydroxylation is 1. The molecule has 1 atom stereocenters. The SMILES string of the molecule is Cc1cc(NS(=O)(=O)C2(CC(C=O)CO)CC2)c(Nc2ccc(I)cc2F)n(C)c1=O. The average Bonchev–Trinajstić information content (AvgIpc) is 3.50. The van der Waals surface area contributed by atoms with E-state index in [2.05, 4.69) is 10.0 Å². The number of rotatable bonds is 9. The van der Waals surface area contributed by atoms with Gasteiger partial charge in [0, 0.05) is 22.1 Å². The van der Waals surface area contributed by atoms with E-state index < -0.39 is 33.1 Å². The Bertz CT molecular complexity index is 1180. The molecule has 0 bridgehead atoms. The van der Waals surface area contributed by atoms with Crippen LogP contribution in [0.5, 0.6) is 0 Å². The second kappa shape index (κ2) is 8.87. The van der Waals surface area contributed by atoms with Crippen LogP contribution in [-0.4, -0.2) is 35.7 Å². The zero-order valence-electron chi connectivity index (χ0n) is 17.0. The molecule has 1 heterocycles. The van der Waals surface area contributed by atoms with Crippen LogP contribution in [0.3, 0.4) is 0 Å². The fourth-order valence-corrected chi connectivity index (χ4v) is 5.64. The van der Waals surface area contributed by atoms with E-state index in [1.165, 1.54) is 29.8 Å². The summed E-state index contributed by atoms with van der Waals surface area (Å²) in [6.07, 6.45) is 1.26. The topological polar surface area (TPSA) is 118 Å². The van der Waals surface area contributed by atoms with Crippen molar-refractivity contribution in [3.8, 4) is 0 Å². The normalized spacial score (nSPS) is 15.9. The minimum Gasteiger partial charge on any atom is -0.396 e. The number of nitrogens with zero attached hydrogens (tertiary/aromatic N) is 1. The second-order valence-corrected chi connectivity index (χ2v) is 11.1. The zero-order chi connectivity index (χ0) is 23.0. The lowest BCUT2D eigenvalue weighted by molar-refractivity contribution is -0.112. The van der Waals surface area contributed by atoms with Crippen LogP contribution in [0.1, 0.15) is 24.8 Å². The summed E-state index contributed by atoms with van der Waals surface area (Å²) in [7, 11) is -2.51. The lowest BCUT2D eigenvalue weighted by atomic mass is 10.1. The third-order valence-electron chi connectivity index (χ3n) is 5.46. The number of anilines is 3. The summed E-state index contributed by atoms with van der Waals surface area (Å²) in [6.45, 7) is 1.12. The summed E-state index contributed by atoms with van der Waals surface area (Å²) in [5.74, 6) is -1.24. The van der Waals surface area contributed by atoms with Gasteiger partial charge in [-0.15, -0.1) is 0 Å². The molecule has 0 saturated heterocycles. The van der Waals surface area contributed by atoms with Crippen molar-refractivity contribution >= 4 is 56.1 Å². The number of halogens is 2. The van der Waals surface area contributed by atoms with Crippen LogP contribution in [0.15, 0.2) is 29.1 Å². The average molecular weight is 563 g/mol. The standard InChI is InChI=1S/C20H23FIN3O5S/c1-12-7-17(24-31(29,30)20(5-6-20)9-13(10-26)11-27)18(25(2)19(12)28)23-16-4-3-14(22)8-15(16)21/h3-4,7-8,10,13,23-24,27H,5-6,9,11H2,1-2H3. The third-order valence-corrected chi connectivity index (χ3v) is 8.34. The van der Waals surface area contributed by atoms with Gasteiger partial charge in [0.25, 0.3) is 5.56 Å². The van der Waals surface area contributed by atoms with Crippen LogP contribution < -0.4 is 15.6 Å². The van der Waals surface area contributed by atoms with Gasteiger partial charge in [-0.1, -0.05) is 0 Å². The van der Waals surface area contributed by atoms with Gasteiger partial charge in [0.05, 0.1) is 22.7 Å². The van der Waals surface area contributed by atoms with E-state index in [0.717, 1.165) is 0 Å². The van der Waals surface area contributed by atoms with Gasteiger partial charge in [0.2, 0.25) is 10.0 Å².